The molecule has 1 aliphatic rings. The van der Waals surface area contributed by atoms with E-state index >= 15 is 0 Å². The Morgan fingerprint density at radius 3 is 2.31 bits per heavy atom. The molecule has 26 heavy (non-hydrogen) atoms. The predicted octanol–water partition coefficient (Wildman–Crippen LogP) is 0.757. The van der Waals surface area contributed by atoms with Gasteiger partial charge in [0.25, 0.3) is 0 Å². The highest BCUT2D eigenvalue weighted by Crippen LogP contribution is 2.14. The van der Waals surface area contributed by atoms with E-state index in [0.717, 1.165) is 0 Å². The number of amides is 1. The lowest BCUT2D eigenvalue weighted by Crippen LogP contribution is -2.51. The Morgan fingerprint density at radius 2 is 1.69 bits per heavy atom. The van der Waals surface area contributed by atoms with E-state index in [1.807, 2.05) is 4.90 Å². The van der Waals surface area contributed by atoms with Crippen LogP contribution in [0.2, 0.25) is 5.02 Å². The molecule has 0 unspecified atom stereocenters. The number of hydrogen-bond acceptors (Lipinski definition) is 6. The Balaban J connectivity index is 1.52. The highest BCUT2D eigenvalue weighted by Gasteiger charge is 2.24. The van der Waals surface area contributed by atoms with Crippen LogP contribution in [0.3, 0.4) is 0 Å². The van der Waals surface area contributed by atoms with Crippen LogP contribution in [0.25, 0.3) is 0 Å². The fourth-order valence-corrected chi connectivity index (χ4v) is 3.68. The molecule has 0 saturated carbocycles. The second kappa shape index (κ2) is 7.98. The molecule has 1 amide bonds. The predicted molar refractivity (Wildman–Crippen MR) is 97.5 cm³/mol. The number of piperazine rings is 1. The molecule has 1 fully saturated rings. The SMILES string of the molecule is O=C(CNS(=O)(=O)c1ccc(Cl)cc1)N1CCN(c2ncccn2)CC1. The van der Waals surface area contributed by atoms with Gasteiger partial charge in [-0.15, -0.1) is 0 Å². The number of nitrogens with zero attached hydrogens (tertiary/aromatic N) is 4. The Labute approximate surface area is 156 Å². The highest BCUT2D eigenvalue weighted by atomic mass is 35.5. The van der Waals surface area contributed by atoms with Gasteiger partial charge in [0, 0.05) is 43.6 Å². The first-order chi connectivity index (χ1) is 12.5. The van der Waals surface area contributed by atoms with E-state index < -0.39 is 10.0 Å². The summed E-state index contributed by atoms with van der Waals surface area (Å²) in [6.07, 6.45) is 3.34. The molecule has 0 aliphatic carbocycles. The second-order valence-corrected chi connectivity index (χ2v) is 7.90. The molecule has 1 aromatic carbocycles. The van der Waals surface area contributed by atoms with Crippen molar-refractivity contribution >= 4 is 33.5 Å². The lowest BCUT2D eigenvalue weighted by atomic mass is 10.3. The maximum atomic E-state index is 12.3. The van der Waals surface area contributed by atoms with Gasteiger partial charge in [-0.25, -0.2) is 23.1 Å². The number of sulfonamides is 1. The number of rotatable bonds is 5. The maximum absolute atomic E-state index is 12.3. The third-order valence-electron chi connectivity index (χ3n) is 4.00. The molecule has 8 nitrogen and oxygen atoms in total. The fourth-order valence-electron chi connectivity index (χ4n) is 2.58. The average Bonchev–Trinajstić information content (AvgIpc) is 2.67. The van der Waals surface area contributed by atoms with Gasteiger partial charge in [0.15, 0.2) is 0 Å². The second-order valence-electron chi connectivity index (χ2n) is 5.70. The first kappa shape index (κ1) is 18.6. The van der Waals surface area contributed by atoms with Crippen molar-refractivity contribution in [3.63, 3.8) is 0 Å². The highest BCUT2D eigenvalue weighted by molar-refractivity contribution is 7.89. The van der Waals surface area contributed by atoms with Crippen LogP contribution in [0.4, 0.5) is 5.95 Å². The van der Waals surface area contributed by atoms with Gasteiger partial charge < -0.3 is 9.80 Å². The van der Waals surface area contributed by atoms with E-state index in [0.29, 0.717) is 37.1 Å². The molecule has 0 spiro atoms. The van der Waals surface area contributed by atoms with E-state index in [9.17, 15) is 13.2 Å². The minimum Gasteiger partial charge on any atom is -0.338 e. The summed E-state index contributed by atoms with van der Waals surface area (Å²) in [6, 6.07) is 7.52. The van der Waals surface area contributed by atoms with Gasteiger partial charge in [0.05, 0.1) is 11.4 Å². The van der Waals surface area contributed by atoms with Crippen LogP contribution in [0.15, 0.2) is 47.6 Å². The third-order valence-corrected chi connectivity index (χ3v) is 5.67. The number of nitrogens with one attached hydrogen (secondary N) is 1. The first-order valence-electron chi connectivity index (χ1n) is 8.01. The van der Waals surface area contributed by atoms with Crippen molar-refractivity contribution in [1.82, 2.24) is 19.6 Å². The van der Waals surface area contributed by atoms with Crippen molar-refractivity contribution < 1.29 is 13.2 Å². The minimum atomic E-state index is -3.75. The number of anilines is 1. The van der Waals surface area contributed by atoms with Crippen LogP contribution >= 0.6 is 11.6 Å². The molecule has 0 atom stereocenters. The van der Waals surface area contributed by atoms with E-state index in [1.165, 1.54) is 24.3 Å². The van der Waals surface area contributed by atoms with Crippen molar-refractivity contribution in [2.24, 2.45) is 0 Å². The summed E-state index contributed by atoms with van der Waals surface area (Å²) >= 11 is 5.76. The van der Waals surface area contributed by atoms with E-state index in [4.69, 9.17) is 11.6 Å². The molecule has 1 N–H and O–H groups in total. The zero-order chi connectivity index (χ0) is 18.6. The molecule has 1 aromatic heterocycles. The lowest BCUT2D eigenvalue weighted by Gasteiger charge is -2.34. The van der Waals surface area contributed by atoms with Crippen LogP contribution in [-0.4, -0.2) is 61.9 Å². The number of halogens is 1. The largest absolute Gasteiger partial charge is 0.338 e. The van der Waals surface area contributed by atoms with Gasteiger partial charge in [-0.3, -0.25) is 4.79 Å². The van der Waals surface area contributed by atoms with Crippen molar-refractivity contribution in [3.05, 3.63) is 47.7 Å². The zero-order valence-corrected chi connectivity index (χ0v) is 15.4. The van der Waals surface area contributed by atoms with Crippen LogP contribution < -0.4 is 9.62 Å². The smallest absolute Gasteiger partial charge is 0.241 e. The Bertz CT molecular complexity index is 853. The molecule has 10 heteroatoms. The van der Waals surface area contributed by atoms with Crippen molar-refractivity contribution in [2.75, 3.05) is 37.6 Å². The quantitative estimate of drug-likeness (QED) is 0.802. The van der Waals surface area contributed by atoms with Crippen LogP contribution in [0.1, 0.15) is 0 Å². The molecule has 0 bridgehead atoms. The summed E-state index contributed by atoms with van der Waals surface area (Å²) in [5.41, 5.74) is 0. The summed E-state index contributed by atoms with van der Waals surface area (Å²) in [5.74, 6) is 0.360. The monoisotopic (exact) mass is 395 g/mol. The Kier molecular flexibility index (Phi) is 5.70. The molecular formula is C16H18ClN5O3S. The van der Waals surface area contributed by atoms with Crippen LogP contribution in [0, 0.1) is 0 Å². The number of carbonyl (C=O) groups is 1. The standard InChI is InChI=1S/C16H18ClN5O3S/c17-13-2-4-14(5-3-13)26(24,25)20-12-15(23)21-8-10-22(11-9-21)16-18-6-1-7-19-16/h1-7,20H,8-12H2. The van der Waals surface area contributed by atoms with Gasteiger partial charge in [0.1, 0.15) is 0 Å². The van der Waals surface area contributed by atoms with Gasteiger partial charge in [-0.2, -0.15) is 0 Å². The van der Waals surface area contributed by atoms with Gasteiger partial charge in [-0.1, -0.05) is 11.6 Å². The summed E-state index contributed by atoms with van der Waals surface area (Å²) in [5, 5.41) is 0.445. The van der Waals surface area contributed by atoms with Crippen molar-refractivity contribution in [2.45, 2.75) is 4.90 Å². The van der Waals surface area contributed by atoms with E-state index in [2.05, 4.69) is 14.7 Å². The summed E-state index contributed by atoms with van der Waals surface area (Å²) in [7, 11) is -3.75. The molecule has 138 valence electrons. The Hall–Kier alpha value is -2.23. The molecule has 2 heterocycles. The molecular weight excluding hydrogens is 378 g/mol. The summed E-state index contributed by atoms with van der Waals surface area (Å²) < 4.78 is 26.8. The fraction of sp³-hybridized carbons (Fsp3) is 0.312. The zero-order valence-electron chi connectivity index (χ0n) is 13.9. The molecule has 3 rings (SSSR count). The number of hydrogen-bond donors (Lipinski definition) is 1. The molecule has 1 saturated heterocycles. The summed E-state index contributed by atoms with van der Waals surface area (Å²) in [4.78, 5) is 24.4. The first-order valence-corrected chi connectivity index (χ1v) is 9.87. The van der Waals surface area contributed by atoms with Crippen LogP contribution in [0.5, 0.6) is 0 Å². The maximum Gasteiger partial charge on any atom is 0.241 e. The molecule has 1 aliphatic heterocycles. The van der Waals surface area contributed by atoms with Gasteiger partial charge in [-0.05, 0) is 30.3 Å². The minimum absolute atomic E-state index is 0.0701. The topological polar surface area (TPSA) is 95.5 Å². The van der Waals surface area contributed by atoms with Crippen molar-refractivity contribution in [3.8, 4) is 0 Å². The molecule has 2 aromatic rings. The van der Waals surface area contributed by atoms with Crippen molar-refractivity contribution in [1.29, 1.82) is 0 Å². The molecule has 0 radical (unpaired) electrons. The van der Waals surface area contributed by atoms with Crippen LogP contribution in [-0.2, 0) is 14.8 Å². The van der Waals surface area contributed by atoms with Gasteiger partial charge in [0.2, 0.25) is 21.9 Å². The summed E-state index contributed by atoms with van der Waals surface area (Å²) in [6.45, 7) is 1.88. The number of benzene rings is 1. The third kappa shape index (κ3) is 4.48. The Morgan fingerprint density at radius 1 is 1.08 bits per heavy atom. The number of carbonyl (C=O) groups excluding carboxylic acids is 1. The normalized spacial score (nSPS) is 15.1. The van der Waals surface area contributed by atoms with E-state index in [-0.39, 0.29) is 17.3 Å². The van der Waals surface area contributed by atoms with Gasteiger partial charge >= 0.3 is 0 Å². The number of aromatic nitrogens is 2. The lowest BCUT2D eigenvalue weighted by molar-refractivity contribution is -0.130. The average molecular weight is 396 g/mol. The van der Waals surface area contributed by atoms with E-state index in [1.54, 1.807) is 23.4 Å².